The molecule has 0 saturated heterocycles. The van der Waals surface area contributed by atoms with Gasteiger partial charge in [0.05, 0.1) is 4.47 Å². The summed E-state index contributed by atoms with van der Waals surface area (Å²) in [6, 6.07) is 3.50. The molecule has 4 heteroatoms. The third-order valence-corrected chi connectivity index (χ3v) is 2.81. The minimum Gasteiger partial charge on any atom is -0.486 e. The van der Waals surface area contributed by atoms with Crippen LogP contribution in [0.5, 0.6) is 11.5 Å². The molecule has 1 aromatic carbocycles. The van der Waals surface area contributed by atoms with Crippen LogP contribution in [-0.2, 0) is 0 Å². The van der Waals surface area contributed by atoms with Gasteiger partial charge in [-0.25, -0.2) is 0 Å². The largest absolute Gasteiger partial charge is 0.486 e. The number of ketones is 1. The van der Waals surface area contributed by atoms with Gasteiger partial charge in [0.1, 0.15) is 13.2 Å². The first-order chi connectivity index (χ1) is 6.70. The number of halogens is 1. The van der Waals surface area contributed by atoms with Gasteiger partial charge in [0.25, 0.3) is 0 Å². The summed E-state index contributed by atoms with van der Waals surface area (Å²) in [5.41, 5.74) is 0.620. The molecular weight excluding hydrogens is 248 g/mol. The summed E-state index contributed by atoms with van der Waals surface area (Å²) in [4.78, 5) is 11.2. The number of ether oxygens (including phenoxy) is 2. The number of rotatable bonds is 1. The van der Waals surface area contributed by atoms with Crippen molar-refractivity contribution in [2.75, 3.05) is 13.2 Å². The minimum atomic E-state index is 0.00819. The second kappa shape index (κ2) is 3.61. The lowest BCUT2D eigenvalue weighted by Crippen LogP contribution is -2.16. The second-order valence-electron chi connectivity index (χ2n) is 3.01. The molecule has 0 aromatic heterocycles. The highest BCUT2D eigenvalue weighted by molar-refractivity contribution is 9.10. The number of fused-ring (bicyclic) bond motifs is 1. The summed E-state index contributed by atoms with van der Waals surface area (Å²) in [6.07, 6.45) is 0. The molecule has 2 rings (SSSR count). The van der Waals surface area contributed by atoms with Crippen molar-refractivity contribution in [3.05, 3.63) is 22.2 Å². The molecule has 3 nitrogen and oxygen atoms in total. The molecule has 0 saturated carbocycles. The van der Waals surface area contributed by atoms with Gasteiger partial charge in [-0.05, 0) is 35.0 Å². The first-order valence-corrected chi connectivity index (χ1v) is 5.08. The molecule has 0 fully saturated rings. The van der Waals surface area contributed by atoms with E-state index in [0.717, 1.165) is 0 Å². The number of Topliss-reactive ketones (excluding diaryl/α,β-unsaturated/α-hetero) is 1. The standard InChI is InChI=1S/C10H9BrO3/c1-6(12)7-2-3-8-10(9(7)11)14-5-4-13-8/h2-3H,4-5H2,1H3. The average molecular weight is 257 g/mol. The Bertz CT molecular complexity index is 387. The van der Waals surface area contributed by atoms with Gasteiger partial charge in [-0.2, -0.15) is 0 Å². The Kier molecular flexibility index (Phi) is 2.46. The monoisotopic (exact) mass is 256 g/mol. The van der Waals surface area contributed by atoms with Crippen molar-refractivity contribution in [3.8, 4) is 11.5 Å². The highest BCUT2D eigenvalue weighted by Crippen LogP contribution is 2.39. The van der Waals surface area contributed by atoms with Gasteiger partial charge in [-0.3, -0.25) is 4.79 Å². The molecule has 0 N–H and O–H groups in total. The third-order valence-electron chi connectivity index (χ3n) is 2.03. The Morgan fingerprint density at radius 1 is 1.36 bits per heavy atom. The highest BCUT2D eigenvalue weighted by atomic mass is 79.9. The molecular formula is C10H9BrO3. The zero-order valence-corrected chi connectivity index (χ0v) is 9.26. The first-order valence-electron chi connectivity index (χ1n) is 4.29. The van der Waals surface area contributed by atoms with E-state index in [1.54, 1.807) is 12.1 Å². The predicted octanol–water partition coefficient (Wildman–Crippen LogP) is 2.42. The van der Waals surface area contributed by atoms with Gasteiger partial charge in [0, 0.05) is 5.56 Å². The van der Waals surface area contributed by atoms with E-state index < -0.39 is 0 Å². The van der Waals surface area contributed by atoms with E-state index in [-0.39, 0.29) is 5.78 Å². The van der Waals surface area contributed by atoms with E-state index in [9.17, 15) is 4.79 Å². The Balaban J connectivity index is 2.54. The van der Waals surface area contributed by atoms with Crippen molar-refractivity contribution in [1.29, 1.82) is 0 Å². The SMILES string of the molecule is CC(=O)c1ccc2c(c1Br)OCCO2. The zero-order valence-electron chi connectivity index (χ0n) is 7.67. The molecule has 14 heavy (non-hydrogen) atoms. The van der Waals surface area contributed by atoms with E-state index in [1.165, 1.54) is 6.92 Å². The molecule has 1 aliphatic rings. The molecule has 74 valence electrons. The number of hydrogen-bond donors (Lipinski definition) is 0. The van der Waals surface area contributed by atoms with Crippen LogP contribution in [0.2, 0.25) is 0 Å². The maximum atomic E-state index is 11.2. The van der Waals surface area contributed by atoms with Crippen molar-refractivity contribution in [1.82, 2.24) is 0 Å². The zero-order chi connectivity index (χ0) is 10.1. The lowest BCUT2D eigenvalue weighted by Gasteiger charge is -2.20. The van der Waals surface area contributed by atoms with Crippen LogP contribution in [0.25, 0.3) is 0 Å². The van der Waals surface area contributed by atoms with Crippen molar-refractivity contribution in [2.24, 2.45) is 0 Å². The Morgan fingerprint density at radius 2 is 2.07 bits per heavy atom. The lowest BCUT2D eigenvalue weighted by atomic mass is 10.1. The Labute approximate surface area is 90.1 Å². The number of hydrogen-bond acceptors (Lipinski definition) is 3. The van der Waals surface area contributed by atoms with Crippen LogP contribution in [0.15, 0.2) is 16.6 Å². The van der Waals surface area contributed by atoms with Crippen molar-refractivity contribution >= 4 is 21.7 Å². The molecule has 0 aliphatic carbocycles. The smallest absolute Gasteiger partial charge is 0.176 e. The van der Waals surface area contributed by atoms with Crippen LogP contribution in [0.4, 0.5) is 0 Å². The van der Waals surface area contributed by atoms with Gasteiger partial charge in [-0.1, -0.05) is 0 Å². The number of carbonyl (C=O) groups is 1. The van der Waals surface area contributed by atoms with E-state index >= 15 is 0 Å². The lowest BCUT2D eigenvalue weighted by molar-refractivity contribution is 0.101. The maximum absolute atomic E-state index is 11.2. The quantitative estimate of drug-likeness (QED) is 0.725. The summed E-state index contributed by atoms with van der Waals surface area (Å²) in [6.45, 7) is 2.60. The summed E-state index contributed by atoms with van der Waals surface area (Å²) >= 11 is 3.34. The number of carbonyl (C=O) groups excluding carboxylic acids is 1. The molecule has 0 amide bonds. The van der Waals surface area contributed by atoms with Crippen LogP contribution < -0.4 is 9.47 Å². The third kappa shape index (κ3) is 1.50. The van der Waals surface area contributed by atoms with Crippen LogP contribution in [0.1, 0.15) is 17.3 Å². The van der Waals surface area contributed by atoms with Crippen LogP contribution in [-0.4, -0.2) is 19.0 Å². The highest BCUT2D eigenvalue weighted by Gasteiger charge is 2.18. The fourth-order valence-corrected chi connectivity index (χ4v) is 2.07. The Morgan fingerprint density at radius 3 is 2.79 bits per heavy atom. The van der Waals surface area contributed by atoms with Crippen LogP contribution in [0, 0.1) is 0 Å². The van der Waals surface area contributed by atoms with Crippen LogP contribution >= 0.6 is 15.9 Å². The second-order valence-corrected chi connectivity index (χ2v) is 3.80. The first kappa shape index (κ1) is 9.52. The van der Waals surface area contributed by atoms with Gasteiger partial charge in [0.2, 0.25) is 0 Å². The van der Waals surface area contributed by atoms with E-state index in [2.05, 4.69) is 15.9 Å². The normalized spacial score (nSPS) is 13.9. The molecule has 0 radical (unpaired) electrons. The topological polar surface area (TPSA) is 35.5 Å². The van der Waals surface area contributed by atoms with Crippen molar-refractivity contribution < 1.29 is 14.3 Å². The molecule has 0 spiro atoms. The number of benzene rings is 1. The minimum absolute atomic E-state index is 0.00819. The van der Waals surface area contributed by atoms with Crippen LogP contribution in [0.3, 0.4) is 0 Å². The summed E-state index contributed by atoms with van der Waals surface area (Å²) in [5, 5.41) is 0. The maximum Gasteiger partial charge on any atom is 0.176 e. The summed E-state index contributed by atoms with van der Waals surface area (Å²) in [7, 11) is 0. The molecule has 0 bridgehead atoms. The molecule has 0 unspecified atom stereocenters. The fourth-order valence-electron chi connectivity index (χ4n) is 1.35. The van der Waals surface area contributed by atoms with E-state index in [1.807, 2.05) is 0 Å². The van der Waals surface area contributed by atoms with Gasteiger partial charge in [0.15, 0.2) is 17.3 Å². The molecule has 1 aliphatic heterocycles. The van der Waals surface area contributed by atoms with E-state index in [4.69, 9.17) is 9.47 Å². The molecule has 1 heterocycles. The van der Waals surface area contributed by atoms with E-state index in [0.29, 0.717) is 34.7 Å². The average Bonchev–Trinajstić information content (AvgIpc) is 2.18. The van der Waals surface area contributed by atoms with Gasteiger partial charge in [-0.15, -0.1) is 0 Å². The van der Waals surface area contributed by atoms with Crippen molar-refractivity contribution in [2.45, 2.75) is 6.92 Å². The summed E-state index contributed by atoms with van der Waals surface area (Å²) in [5.74, 6) is 1.32. The molecule has 1 aromatic rings. The predicted molar refractivity (Wildman–Crippen MR) is 55.1 cm³/mol. The molecule has 0 atom stereocenters. The fraction of sp³-hybridized carbons (Fsp3) is 0.300. The summed E-state index contributed by atoms with van der Waals surface area (Å²) < 4.78 is 11.5. The van der Waals surface area contributed by atoms with Crippen molar-refractivity contribution in [3.63, 3.8) is 0 Å². The Hall–Kier alpha value is -1.03. The van der Waals surface area contributed by atoms with Gasteiger partial charge >= 0.3 is 0 Å². The van der Waals surface area contributed by atoms with Gasteiger partial charge < -0.3 is 9.47 Å².